The van der Waals surface area contributed by atoms with Crippen LogP contribution in [0.15, 0.2) is 12.7 Å². The van der Waals surface area contributed by atoms with Gasteiger partial charge in [0, 0.05) is 19.6 Å². The highest BCUT2D eigenvalue weighted by atomic mass is 16.5. The first-order chi connectivity index (χ1) is 7.30. The van der Waals surface area contributed by atoms with Gasteiger partial charge in [-0.15, -0.1) is 6.58 Å². The molecule has 3 heteroatoms. The summed E-state index contributed by atoms with van der Waals surface area (Å²) in [6.45, 7) is 10.0. The van der Waals surface area contributed by atoms with Crippen molar-refractivity contribution in [3.8, 4) is 0 Å². The average Bonchev–Trinajstić information content (AvgIpc) is 2.66. The molecule has 3 nitrogen and oxygen atoms in total. The molecule has 0 aromatic heterocycles. The van der Waals surface area contributed by atoms with Crippen molar-refractivity contribution in [2.75, 3.05) is 33.2 Å². The summed E-state index contributed by atoms with van der Waals surface area (Å²) in [5, 5.41) is 3.17. The molecule has 0 bridgehead atoms. The summed E-state index contributed by atoms with van der Waals surface area (Å²) in [5.74, 6) is 0. The molecule has 0 saturated carbocycles. The third kappa shape index (κ3) is 4.33. The highest BCUT2D eigenvalue weighted by molar-refractivity contribution is 4.80. The van der Waals surface area contributed by atoms with Gasteiger partial charge in [-0.05, 0) is 26.4 Å². The van der Waals surface area contributed by atoms with Crippen LogP contribution in [-0.2, 0) is 4.74 Å². The van der Waals surface area contributed by atoms with Gasteiger partial charge in [-0.2, -0.15) is 0 Å². The molecule has 0 spiro atoms. The molecule has 2 unspecified atom stereocenters. The maximum atomic E-state index is 5.94. The molecule has 88 valence electrons. The van der Waals surface area contributed by atoms with Crippen LogP contribution in [0.1, 0.15) is 19.8 Å². The molecule has 1 N–H and O–H groups in total. The van der Waals surface area contributed by atoms with Gasteiger partial charge >= 0.3 is 0 Å². The summed E-state index contributed by atoms with van der Waals surface area (Å²) in [4.78, 5) is 2.37. The minimum atomic E-state index is 0.419. The first kappa shape index (κ1) is 12.7. The molecule has 1 rings (SSSR count). The van der Waals surface area contributed by atoms with Gasteiger partial charge in [-0.3, -0.25) is 4.90 Å². The fourth-order valence-corrected chi connectivity index (χ4v) is 2.10. The average molecular weight is 212 g/mol. The fraction of sp³-hybridized carbons (Fsp3) is 0.833. The topological polar surface area (TPSA) is 24.5 Å². The zero-order valence-electron chi connectivity index (χ0n) is 10.0. The molecule has 0 aromatic rings. The zero-order chi connectivity index (χ0) is 11.1. The van der Waals surface area contributed by atoms with E-state index in [0.29, 0.717) is 12.2 Å². The molecule has 1 aliphatic rings. The van der Waals surface area contributed by atoms with Crippen LogP contribution in [0.25, 0.3) is 0 Å². The zero-order valence-corrected chi connectivity index (χ0v) is 10.0. The van der Waals surface area contributed by atoms with Gasteiger partial charge in [-0.1, -0.05) is 13.0 Å². The van der Waals surface area contributed by atoms with Crippen LogP contribution in [0.3, 0.4) is 0 Å². The van der Waals surface area contributed by atoms with E-state index in [9.17, 15) is 0 Å². The SMILES string of the molecule is C=CCN(CC)CC1CCC(CNC)O1. The van der Waals surface area contributed by atoms with Crippen molar-refractivity contribution in [1.82, 2.24) is 10.2 Å². The third-order valence-electron chi connectivity index (χ3n) is 2.92. The Balaban J connectivity index is 2.24. The van der Waals surface area contributed by atoms with Crippen LogP contribution in [0.5, 0.6) is 0 Å². The highest BCUT2D eigenvalue weighted by Crippen LogP contribution is 2.19. The van der Waals surface area contributed by atoms with Gasteiger partial charge in [0.05, 0.1) is 12.2 Å². The van der Waals surface area contributed by atoms with Gasteiger partial charge in [0.1, 0.15) is 0 Å². The number of nitrogens with one attached hydrogen (secondary N) is 1. The van der Waals surface area contributed by atoms with E-state index in [1.807, 2.05) is 13.1 Å². The molecule has 15 heavy (non-hydrogen) atoms. The van der Waals surface area contributed by atoms with Gasteiger partial charge in [0.15, 0.2) is 0 Å². The highest BCUT2D eigenvalue weighted by Gasteiger charge is 2.25. The monoisotopic (exact) mass is 212 g/mol. The molecule has 0 aliphatic carbocycles. The van der Waals surface area contributed by atoms with Crippen LogP contribution in [-0.4, -0.2) is 50.3 Å². The van der Waals surface area contributed by atoms with Gasteiger partial charge < -0.3 is 10.1 Å². The van der Waals surface area contributed by atoms with Crippen LogP contribution in [0.4, 0.5) is 0 Å². The van der Waals surface area contributed by atoms with Crippen molar-refractivity contribution < 1.29 is 4.74 Å². The molecular weight excluding hydrogens is 188 g/mol. The second kappa shape index (κ2) is 6.99. The van der Waals surface area contributed by atoms with E-state index in [2.05, 4.69) is 23.7 Å². The van der Waals surface area contributed by atoms with Crippen molar-refractivity contribution in [2.45, 2.75) is 32.0 Å². The number of hydrogen-bond acceptors (Lipinski definition) is 3. The third-order valence-corrected chi connectivity index (χ3v) is 2.92. The number of nitrogens with zero attached hydrogens (tertiary/aromatic N) is 1. The summed E-state index contributed by atoms with van der Waals surface area (Å²) >= 11 is 0. The van der Waals surface area contributed by atoms with Crippen LogP contribution in [0, 0.1) is 0 Å². The Labute approximate surface area is 93.5 Å². The van der Waals surface area contributed by atoms with Gasteiger partial charge in [0.2, 0.25) is 0 Å². The maximum Gasteiger partial charge on any atom is 0.0707 e. The maximum absolute atomic E-state index is 5.94. The standard InChI is InChI=1S/C12H24N2O/c1-4-8-14(5-2)10-12-7-6-11(15-12)9-13-3/h4,11-13H,1,5-10H2,2-3H3. The lowest BCUT2D eigenvalue weighted by molar-refractivity contribution is 0.0271. The lowest BCUT2D eigenvalue weighted by Crippen LogP contribution is -2.33. The van der Waals surface area contributed by atoms with E-state index in [0.717, 1.165) is 26.2 Å². The van der Waals surface area contributed by atoms with Crippen molar-refractivity contribution in [1.29, 1.82) is 0 Å². The van der Waals surface area contributed by atoms with Gasteiger partial charge in [0.25, 0.3) is 0 Å². The number of ether oxygens (including phenoxy) is 1. The number of hydrogen-bond donors (Lipinski definition) is 1. The fourth-order valence-electron chi connectivity index (χ4n) is 2.10. The van der Waals surface area contributed by atoms with E-state index in [-0.39, 0.29) is 0 Å². The predicted molar refractivity (Wildman–Crippen MR) is 64.1 cm³/mol. The van der Waals surface area contributed by atoms with E-state index in [4.69, 9.17) is 4.74 Å². The molecule has 0 radical (unpaired) electrons. The lowest BCUT2D eigenvalue weighted by Gasteiger charge is -2.22. The molecular formula is C12H24N2O. The quantitative estimate of drug-likeness (QED) is 0.643. The van der Waals surface area contributed by atoms with E-state index >= 15 is 0 Å². The van der Waals surface area contributed by atoms with Crippen LogP contribution < -0.4 is 5.32 Å². The summed E-state index contributed by atoms with van der Waals surface area (Å²) in [7, 11) is 1.98. The molecule has 2 atom stereocenters. The Hall–Kier alpha value is -0.380. The normalized spacial score (nSPS) is 26.1. The molecule has 1 saturated heterocycles. The summed E-state index contributed by atoms with van der Waals surface area (Å²) in [6, 6.07) is 0. The molecule has 1 aliphatic heterocycles. The van der Waals surface area contributed by atoms with Crippen LogP contribution >= 0.6 is 0 Å². The molecule has 1 heterocycles. The van der Waals surface area contributed by atoms with Crippen molar-refractivity contribution in [3.63, 3.8) is 0 Å². The van der Waals surface area contributed by atoms with Crippen molar-refractivity contribution in [2.24, 2.45) is 0 Å². The second-order valence-electron chi connectivity index (χ2n) is 4.16. The largest absolute Gasteiger partial charge is 0.372 e. The Morgan fingerprint density at radius 1 is 1.47 bits per heavy atom. The summed E-state index contributed by atoms with van der Waals surface area (Å²) in [6.07, 6.45) is 5.19. The summed E-state index contributed by atoms with van der Waals surface area (Å²) in [5.41, 5.74) is 0. The molecule has 1 fully saturated rings. The Morgan fingerprint density at radius 3 is 2.80 bits per heavy atom. The molecule has 0 aromatic carbocycles. The molecule has 0 amide bonds. The smallest absolute Gasteiger partial charge is 0.0707 e. The predicted octanol–water partition coefficient (Wildman–Crippen LogP) is 1.26. The first-order valence-electron chi connectivity index (χ1n) is 5.93. The Kier molecular flexibility index (Phi) is 5.91. The number of rotatable bonds is 7. The summed E-state index contributed by atoms with van der Waals surface area (Å²) < 4.78 is 5.94. The van der Waals surface area contributed by atoms with E-state index < -0.39 is 0 Å². The first-order valence-corrected chi connectivity index (χ1v) is 5.93. The van der Waals surface area contributed by atoms with Crippen molar-refractivity contribution in [3.05, 3.63) is 12.7 Å². The van der Waals surface area contributed by atoms with E-state index in [1.165, 1.54) is 12.8 Å². The van der Waals surface area contributed by atoms with E-state index in [1.54, 1.807) is 0 Å². The minimum absolute atomic E-state index is 0.419. The second-order valence-corrected chi connectivity index (χ2v) is 4.16. The minimum Gasteiger partial charge on any atom is -0.372 e. The number of likely N-dealkylation sites (N-methyl/N-ethyl adjacent to an activating group) is 2. The lowest BCUT2D eigenvalue weighted by atomic mass is 10.2. The Bertz CT molecular complexity index is 184. The van der Waals surface area contributed by atoms with Gasteiger partial charge in [-0.25, -0.2) is 0 Å². The van der Waals surface area contributed by atoms with Crippen LogP contribution in [0.2, 0.25) is 0 Å². The Morgan fingerprint density at radius 2 is 2.20 bits per heavy atom. The van der Waals surface area contributed by atoms with Crippen molar-refractivity contribution >= 4 is 0 Å².